The Morgan fingerprint density at radius 1 is 1.50 bits per heavy atom. The monoisotopic (exact) mass is 162 g/mol. The fourth-order valence-corrected chi connectivity index (χ4v) is 1.55. The molecule has 1 aliphatic heterocycles. The van der Waals surface area contributed by atoms with Crippen LogP contribution in [-0.2, 0) is 4.74 Å². The molecule has 1 rings (SSSR count). The summed E-state index contributed by atoms with van der Waals surface area (Å²) in [6.07, 6.45) is 1.19. The zero-order chi connectivity index (χ0) is 7.56. The Kier molecular flexibility index (Phi) is 2.99. The molecule has 0 radical (unpaired) electrons. The van der Waals surface area contributed by atoms with Crippen molar-refractivity contribution in [3.05, 3.63) is 0 Å². The van der Waals surface area contributed by atoms with E-state index >= 15 is 0 Å². The highest BCUT2D eigenvalue weighted by molar-refractivity contribution is 6.20. The second-order valence-corrected chi connectivity index (χ2v) is 3.85. The Bertz CT molecular complexity index is 97.4. The van der Waals surface area contributed by atoms with Crippen LogP contribution in [0.15, 0.2) is 0 Å². The third-order valence-electron chi connectivity index (χ3n) is 2.43. The van der Waals surface area contributed by atoms with Gasteiger partial charge in [-0.2, -0.15) is 0 Å². The van der Waals surface area contributed by atoms with Crippen molar-refractivity contribution in [3.8, 4) is 0 Å². The molecule has 10 heavy (non-hydrogen) atoms. The molecule has 0 N–H and O–H groups in total. The minimum atomic E-state index is 0.284. The fourth-order valence-electron chi connectivity index (χ4n) is 1.34. The first-order valence-corrected chi connectivity index (χ1v) is 4.37. The summed E-state index contributed by atoms with van der Waals surface area (Å²) in [7, 11) is 0. The molecule has 60 valence electrons. The lowest BCUT2D eigenvalue weighted by atomic mass is 9.91. The summed E-state index contributed by atoms with van der Waals surface area (Å²) >= 11 is 5.95. The number of halogens is 1. The van der Waals surface area contributed by atoms with E-state index < -0.39 is 0 Å². The highest BCUT2D eigenvalue weighted by Crippen LogP contribution is 2.26. The molecule has 3 atom stereocenters. The summed E-state index contributed by atoms with van der Waals surface area (Å²) in [5.41, 5.74) is 0. The third-order valence-corrected chi connectivity index (χ3v) is 2.83. The maximum atomic E-state index is 5.95. The zero-order valence-corrected chi connectivity index (χ0v) is 7.40. The van der Waals surface area contributed by atoms with Gasteiger partial charge in [0.25, 0.3) is 0 Å². The van der Waals surface area contributed by atoms with Gasteiger partial charge in [-0.3, -0.25) is 0 Å². The first-order valence-electron chi connectivity index (χ1n) is 3.93. The van der Waals surface area contributed by atoms with Crippen molar-refractivity contribution in [2.45, 2.75) is 25.6 Å². The minimum Gasteiger partial charge on any atom is -0.381 e. The van der Waals surface area contributed by atoms with Crippen LogP contribution in [0.4, 0.5) is 0 Å². The molecule has 1 saturated heterocycles. The lowest BCUT2D eigenvalue weighted by molar-refractivity contribution is 0.174. The van der Waals surface area contributed by atoms with Gasteiger partial charge in [0.05, 0.1) is 0 Å². The van der Waals surface area contributed by atoms with Gasteiger partial charge in [0.1, 0.15) is 0 Å². The molecular formula is C8H15ClO. The first-order chi connectivity index (χ1) is 4.72. The van der Waals surface area contributed by atoms with Crippen LogP contribution in [0.2, 0.25) is 0 Å². The van der Waals surface area contributed by atoms with Gasteiger partial charge in [-0.1, -0.05) is 6.92 Å². The molecule has 3 unspecified atom stereocenters. The van der Waals surface area contributed by atoms with Crippen molar-refractivity contribution in [2.24, 2.45) is 11.8 Å². The quantitative estimate of drug-likeness (QED) is 0.567. The van der Waals surface area contributed by atoms with Gasteiger partial charge in [-0.05, 0) is 25.2 Å². The van der Waals surface area contributed by atoms with E-state index in [2.05, 4.69) is 13.8 Å². The maximum Gasteiger partial charge on any atom is 0.0498 e. The number of rotatable bonds is 2. The van der Waals surface area contributed by atoms with E-state index in [9.17, 15) is 0 Å². The van der Waals surface area contributed by atoms with E-state index in [0.717, 1.165) is 13.2 Å². The molecule has 0 spiro atoms. The van der Waals surface area contributed by atoms with Crippen LogP contribution in [0, 0.1) is 11.8 Å². The fraction of sp³-hybridized carbons (Fsp3) is 1.00. The first kappa shape index (κ1) is 8.35. The van der Waals surface area contributed by atoms with Crippen LogP contribution in [0.5, 0.6) is 0 Å². The molecule has 0 bridgehead atoms. The standard InChI is InChI=1S/C8H15ClO/c1-6(7(2)9)8-3-4-10-5-8/h6-8H,3-5H2,1-2H3. The van der Waals surface area contributed by atoms with Gasteiger partial charge in [-0.25, -0.2) is 0 Å². The van der Waals surface area contributed by atoms with Crippen molar-refractivity contribution >= 4 is 11.6 Å². The highest BCUT2D eigenvalue weighted by atomic mass is 35.5. The van der Waals surface area contributed by atoms with E-state index in [-0.39, 0.29) is 5.38 Å². The van der Waals surface area contributed by atoms with Crippen molar-refractivity contribution < 1.29 is 4.74 Å². The molecule has 1 fully saturated rings. The van der Waals surface area contributed by atoms with E-state index in [4.69, 9.17) is 16.3 Å². The number of ether oxygens (including phenoxy) is 1. The van der Waals surface area contributed by atoms with E-state index in [1.54, 1.807) is 0 Å². The van der Waals surface area contributed by atoms with E-state index in [1.165, 1.54) is 6.42 Å². The van der Waals surface area contributed by atoms with Gasteiger partial charge in [0.2, 0.25) is 0 Å². The summed E-state index contributed by atoms with van der Waals surface area (Å²) in [6.45, 7) is 6.11. The van der Waals surface area contributed by atoms with Crippen molar-refractivity contribution in [1.82, 2.24) is 0 Å². The number of hydrogen-bond acceptors (Lipinski definition) is 1. The predicted molar refractivity (Wildman–Crippen MR) is 43.4 cm³/mol. The minimum absolute atomic E-state index is 0.284. The molecule has 0 aromatic carbocycles. The molecule has 0 aromatic rings. The van der Waals surface area contributed by atoms with Crippen LogP contribution in [0.25, 0.3) is 0 Å². The Labute approximate surface area is 67.7 Å². The molecule has 2 heteroatoms. The summed E-state index contributed by atoms with van der Waals surface area (Å²) in [5.74, 6) is 1.30. The molecule has 0 saturated carbocycles. The summed E-state index contributed by atoms with van der Waals surface area (Å²) in [4.78, 5) is 0. The second kappa shape index (κ2) is 3.59. The highest BCUT2D eigenvalue weighted by Gasteiger charge is 2.24. The van der Waals surface area contributed by atoms with Gasteiger partial charge >= 0.3 is 0 Å². The molecule has 0 aromatic heterocycles. The zero-order valence-electron chi connectivity index (χ0n) is 6.64. The van der Waals surface area contributed by atoms with Crippen LogP contribution in [0.3, 0.4) is 0 Å². The van der Waals surface area contributed by atoms with Crippen molar-refractivity contribution in [1.29, 1.82) is 0 Å². The SMILES string of the molecule is CC(Cl)C(C)C1CCOC1. The third kappa shape index (κ3) is 1.86. The van der Waals surface area contributed by atoms with Crippen LogP contribution >= 0.6 is 11.6 Å². The summed E-state index contributed by atoms with van der Waals surface area (Å²) in [6, 6.07) is 0. The normalized spacial score (nSPS) is 32.1. The smallest absolute Gasteiger partial charge is 0.0498 e. The molecule has 1 nitrogen and oxygen atoms in total. The average molecular weight is 163 g/mol. The molecule has 0 amide bonds. The van der Waals surface area contributed by atoms with Crippen molar-refractivity contribution in [2.75, 3.05) is 13.2 Å². The maximum absolute atomic E-state index is 5.95. The van der Waals surface area contributed by atoms with Crippen molar-refractivity contribution in [3.63, 3.8) is 0 Å². The van der Waals surface area contributed by atoms with E-state index in [0.29, 0.717) is 11.8 Å². The van der Waals surface area contributed by atoms with Gasteiger partial charge < -0.3 is 4.74 Å². The lowest BCUT2D eigenvalue weighted by Crippen LogP contribution is -2.18. The Morgan fingerprint density at radius 2 is 2.20 bits per heavy atom. The lowest BCUT2D eigenvalue weighted by Gasteiger charge is -2.19. The van der Waals surface area contributed by atoms with Crippen LogP contribution in [-0.4, -0.2) is 18.6 Å². The van der Waals surface area contributed by atoms with Crippen LogP contribution < -0.4 is 0 Å². The van der Waals surface area contributed by atoms with Crippen LogP contribution in [0.1, 0.15) is 20.3 Å². The predicted octanol–water partition coefficient (Wildman–Crippen LogP) is 2.29. The van der Waals surface area contributed by atoms with Gasteiger partial charge in [-0.15, -0.1) is 11.6 Å². The van der Waals surface area contributed by atoms with Gasteiger partial charge in [0.15, 0.2) is 0 Å². The Morgan fingerprint density at radius 3 is 2.60 bits per heavy atom. The second-order valence-electron chi connectivity index (χ2n) is 3.16. The number of hydrogen-bond donors (Lipinski definition) is 0. The Balaban J connectivity index is 2.32. The summed E-state index contributed by atoms with van der Waals surface area (Å²) < 4.78 is 5.27. The Hall–Kier alpha value is 0.250. The molecule has 1 heterocycles. The topological polar surface area (TPSA) is 9.23 Å². The molecule has 0 aliphatic carbocycles. The van der Waals surface area contributed by atoms with Gasteiger partial charge in [0, 0.05) is 18.6 Å². The summed E-state index contributed by atoms with van der Waals surface area (Å²) in [5, 5.41) is 0.284. The average Bonchev–Trinajstić information content (AvgIpc) is 2.36. The number of alkyl halides is 1. The molecule has 1 aliphatic rings. The largest absolute Gasteiger partial charge is 0.381 e. The molecular weight excluding hydrogens is 148 g/mol. The van der Waals surface area contributed by atoms with E-state index in [1.807, 2.05) is 0 Å².